The minimum absolute atomic E-state index is 0. The van der Waals surface area contributed by atoms with Gasteiger partial charge in [0.05, 0.1) is 0 Å². The Kier molecular flexibility index (Phi) is 9.61. The number of amides is 1. The molecule has 1 heterocycles. The van der Waals surface area contributed by atoms with E-state index >= 15 is 0 Å². The number of nitrogens with zero attached hydrogens (tertiary/aromatic N) is 1. The molecule has 1 saturated heterocycles. The molecule has 1 rings (SSSR count). The van der Waals surface area contributed by atoms with E-state index in [0.29, 0.717) is 31.9 Å². The molecule has 1 fully saturated rings. The third-order valence-corrected chi connectivity index (χ3v) is 3.61. The van der Waals surface area contributed by atoms with Gasteiger partial charge >= 0.3 is 6.18 Å². The molecular weight excluding hydrogens is 315 g/mol. The van der Waals surface area contributed by atoms with Crippen molar-refractivity contribution in [1.29, 1.82) is 0 Å². The third-order valence-electron chi connectivity index (χ3n) is 3.00. The second kappa shape index (κ2) is 9.70. The number of alkyl halides is 3. The van der Waals surface area contributed by atoms with Crippen molar-refractivity contribution in [2.75, 3.05) is 44.7 Å². The van der Waals surface area contributed by atoms with Crippen molar-refractivity contribution in [3.8, 4) is 0 Å². The molecule has 0 aromatic rings. The zero-order chi connectivity index (χ0) is 14.3. The lowest BCUT2D eigenvalue weighted by Crippen LogP contribution is -2.57. The second-order valence-electron chi connectivity index (χ2n) is 4.39. The Labute approximate surface area is 127 Å². The van der Waals surface area contributed by atoms with Crippen molar-refractivity contribution < 1.29 is 18.0 Å². The van der Waals surface area contributed by atoms with Gasteiger partial charge in [-0.1, -0.05) is 0 Å². The van der Waals surface area contributed by atoms with E-state index < -0.39 is 12.2 Å². The summed E-state index contributed by atoms with van der Waals surface area (Å²) in [5.41, 5.74) is 0. The Morgan fingerprint density at radius 2 is 2.00 bits per heavy atom. The van der Waals surface area contributed by atoms with Gasteiger partial charge in [-0.2, -0.15) is 24.9 Å². The fourth-order valence-corrected chi connectivity index (χ4v) is 2.33. The largest absolute Gasteiger partial charge is 0.405 e. The van der Waals surface area contributed by atoms with Crippen LogP contribution in [0.15, 0.2) is 0 Å². The Bertz CT molecular complexity index is 289. The quantitative estimate of drug-likeness (QED) is 0.763. The first-order valence-corrected chi connectivity index (χ1v) is 7.61. The number of hydrogen-bond donors (Lipinski definition) is 2. The first-order chi connectivity index (χ1) is 8.95. The zero-order valence-corrected chi connectivity index (χ0v) is 13.0. The van der Waals surface area contributed by atoms with E-state index in [4.69, 9.17) is 0 Å². The monoisotopic (exact) mass is 335 g/mol. The molecule has 1 unspecified atom stereocenters. The maximum absolute atomic E-state index is 13.0. The molecule has 1 aliphatic heterocycles. The lowest BCUT2D eigenvalue weighted by Gasteiger charge is -2.35. The third kappa shape index (κ3) is 7.01. The van der Waals surface area contributed by atoms with E-state index in [2.05, 4.69) is 10.6 Å². The molecule has 1 aliphatic rings. The number of thioether (sulfide) groups is 1. The Hall–Kier alpha value is -0.180. The number of nitrogens with one attached hydrogen (secondary N) is 2. The molecule has 1 atom stereocenters. The summed E-state index contributed by atoms with van der Waals surface area (Å²) in [6.07, 6.45) is -2.20. The normalized spacial score (nSPS) is 18.2. The number of rotatable bonds is 6. The molecule has 0 radical (unpaired) electrons. The van der Waals surface area contributed by atoms with Gasteiger partial charge in [-0.15, -0.1) is 12.4 Å². The van der Waals surface area contributed by atoms with Gasteiger partial charge in [-0.3, -0.25) is 9.69 Å². The van der Waals surface area contributed by atoms with Crippen molar-refractivity contribution in [2.24, 2.45) is 0 Å². The first kappa shape index (κ1) is 19.8. The van der Waals surface area contributed by atoms with Crippen molar-refractivity contribution in [2.45, 2.75) is 18.6 Å². The molecule has 0 aromatic carbocycles. The van der Waals surface area contributed by atoms with E-state index in [1.807, 2.05) is 6.26 Å². The Morgan fingerprint density at radius 1 is 1.40 bits per heavy atom. The van der Waals surface area contributed by atoms with Gasteiger partial charge in [0.1, 0.15) is 6.04 Å². The van der Waals surface area contributed by atoms with Crippen LogP contribution in [0.3, 0.4) is 0 Å². The molecule has 20 heavy (non-hydrogen) atoms. The molecule has 9 heteroatoms. The van der Waals surface area contributed by atoms with Crippen LogP contribution >= 0.6 is 24.2 Å². The van der Waals surface area contributed by atoms with Crippen molar-refractivity contribution >= 4 is 30.1 Å². The highest BCUT2D eigenvalue weighted by Crippen LogP contribution is 2.24. The van der Waals surface area contributed by atoms with Crippen LogP contribution in [0.2, 0.25) is 0 Å². The predicted molar refractivity (Wildman–Crippen MR) is 77.5 cm³/mol. The van der Waals surface area contributed by atoms with Gasteiger partial charge in [0.15, 0.2) is 0 Å². The number of piperazine rings is 1. The molecule has 0 saturated carbocycles. The van der Waals surface area contributed by atoms with E-state index in [1.165, 1.54) is 16.7 Å². The molecule has 120 valence electrons. The fraction of sp³-hybridized carbons (Fsp3) is 0.909. The van der Waals surface area contributed by atoms with Gasteiger partial charge in [-0.25, -0.2) is 0 Å². The van der Waals surface area contributed by atoms with E-state index in [9.17, 15) is 18.0 Å². The molecule has 4 nitrogen and oxygen atoms in total. The SMILES string of the molecule is CSCCC(=O)NCC(N1CCNCC1)C(F)(F)F.Cl. The standard InChI is InChI=1S/C11H20F3N3OS.ClH/c1-19-7-2-10(18)16-8-9(11(12,13)14)17-5-3-15-4-6-17;/h9,15H,2-8H2,1H3,(H,16,18);1H. The minimum Gasteiger partial charge on any atom is -0.354 e. The summed E-state index contributed by atoms with van der Waals surface area (Å²) >= 11 is 1.50. The Morgan fingerprint density at radius 3 is 2.50 bits per heavy atom. The summed E-state index contributed by atoms with van der Waals surface area (Å²) in [4.78, 5) is 12.8. The first-order valence-electron chi connectivity index (χ1n) is 6.22. The highest BCUT2D eigenvalue weighted by molar-refractivity contribution is 7.98. The fourth-order valence-electron chi connectivity index (χ4n) is 1.94. The lowest BCUT2D eigenvalue weighted by atomic mass is 10.2. The molecule has 0 aliphatic carbocycles. The molecule has 1 amide bonds. The van der Waals surface area contributed by atoms with Crippen LogP contribution in [0.5, 0.6) is 0 Å². The van der Waals surface area contributed by atoms with Crippen LogP contribution in [-0.4, -0.2) is 67.8 Å². The van der Waals surface area contributed by atoms with Gasteiger partial charge in [-0.05, 0) is 6.26 Å². The zero-order valence-electron chi connectivity index (χ0n) is 11.3. The molecule has 0 aromatic heterocycles. The number of carbonyl (C=O) groups is 1. The van der Waals surface area contributed by atoms with Gasteiger partial charge < -0.3 is 10.6 Å². The summed E-state index contributed by atoms with van der Waals surface area (Å²) in [6, 6.07) is -1.59. The highest BCUT2D eigenvalue weighted by atomic mass is 35.5. The maximum Gasteiger partial charge on any atom is 0.405 e. The predicted octanol–water partition coefficient (Wildman–Crippen LogP) is 1.11. The van der Waals surface area contributed by atoms with Crippen LogP contribution in [0.25, 0.3) is 0 Å². The van der Waals surface area contributed by atoms with Gasteiger partial charge in [0.25, 0.3) is 0 Å². The summed E-state index contributed by atoms with van der Waals surface area (Å²) in [6.45, 7) is 1.44. The smallest absolute Gasteiger partial charge is 0.354 e. The van der Waals surface area contributed by atoms with Crippen LogP contribution in [-0.2, 0) is 4.79 Å². The van der Waals surface area contributed by atoms with Crippen LogP contribution in [0.1, 0.15) is 6.42 Å². The Balaban J connectivity index is 0.00000361. The summed E-state index contributed by atoms with van der Waals surface area (Å²) in [5, 5.41) is 5.40. The molecule has 2 N–H and O–H groups in total. The maximum atomic E-state index is 13.0. The van der Waals surface area contributed by atoms with Gasteiger partial charge in [0.2, 0.25) is 5.91 Å². The van der Waals surface area contributed by atoms with Crippen molar-refractivity contribution in [3.05, 3.63) is 0 Å². The van der Waals surface area contributed by atoms with Crippen molar-refractivity contribution in [3.63, 3.8) is 0 Å². The van der Waals surface area contributed by atoms with Gasteiger partial charge in [0, 0.05) is 44.9 Å². The second-order valence-corrected chi connectivity index (χ2v) is 5.38. The van der Waals surface area contributed by atoms with Crippen LogP contribution in [0, 0.1) is 0 Å². The molecule has 0 bridgehead atoms. The highest BCUT2D eigenvalue weighted by Gasteiger charge is 2.43. The summed E-state index contributed by atoms with van der Waals surface area (Å²) in [5.74, 6) is 0.301. The molecule has 0 spiro atoms. The lowest BCUT2D eigenvalue weighted by molar-refractivity contribution is -0.184. The van der Waals surface area contributed by atoms with E-state index in [0.717, 1.165) is 0 Å². The summed E-state index contributed by atoms with van der Waals surface area (Å²) in [7, 11) is 0. The van der Waals surface area contributed by atoms with Crippen LogP contribution < -0.4 is 10.6 Å². The number of hydrogen-bond acceptors (Lipinski definition) is 4. The van der Waals surface area contributed by atoms with E-state index in [1.54, 1.807) is 0 Å². The average molecular weight is 336 g/mol. The van der Waals surface area contributed by atoms with Crippen molar-refractivity contribution in [1.82, 2.24) is 15.5 Å². The van der Waals surface area contributed by atoms with Crippen LogP contribution in [0.4, 0.5) is 13.2 Å². The number of carbonyl (C=O) groups excluding carboxylic acids is 1. The average Bonchev–Trinajstić information content (AvgIpc) is 2.36. The topological polar surface area (TPSA) is 44.4 Å². The summed E-state index contributed by atoms with van der Waals surface area (Å²) < 4.78 is 39.0. The molecular formula is C11H21ClF3N3OS. The number of halogens is 4. The minimum atomic E-state index is -4.32. The van der Waals surface area contributed by atoms with E-state index in [-0.39, 0.29) is 31.3 Å².